The van der Waals surface area contributed by atoms with E-state index in [0.717, 1.165) is 11.1 Å². The molecule has 0 spiro atoms. The summed E-state index contributed by atoms with van der Waals surface area (Å²) in [5.74, 6) is -0.878. The number of aliphatic hydroxyl groups excluding tert-OH is 1. The van der Waals surface area contributed by atoms with Gasteiger partial charge in [-0.1, -0.05) is 36.4 Å². The summed E-state index contributed by atoms with van der Waals surface area (Å²) in [6, 6.07) is 19.7. The highest BCUT2D eigenvalue weighted by Crippen LogP contribution is 2.23. The Bertz CT molecular complexity index is 1040. The number of nitrogens with one attached hydrogen (secondary N) is 1. The third-order valence-corrected chi connectivity index (χ3v) is 4.54. The molecule has 0 unspecified atom stereocenters. The maximum atomic E-state index is 13.4. The molecular weight excluding hydrogens is 385 g/mol. The summed E-state index contributed by atoms with van der Waals surface area (Å²) in [5.41, 5.74) is 8.59. The largest absolute Gasteiger partial charge is 0.395 e. The summed E-state index contributed by atoms with van der Waals surface area (Å²) in [5, 5.41) is 12.1. The zero-order valence-corrected chi connectivity index (χ0v) is 16.2. The minimum absolute atomic E-state index is 0.108. The van der Waals surface area contributed by atoms with Crippen LogP contribution in [0.2, 0.25) is 0 Å². The van der Waals surface area contributed by atoms with Crippen LogP contribution in [0.5, 0.6) is 0 Å². The number of hydrogen-bond donors (Lipinski definition) is 3. The molecular formula is C23H22FN3O3. The molecule has 0 aromatic heterocycles. The average molecular weight is 407 g/mol. The second-order valence-electron chi connectivity index (χ2n) is 6.73. The Morgan fingerprint density at radius 2 is 1.70 bits per heavy atom. The zero-order valence-electron chi connectivity index (χ0n) is 16.2. The lowest BCUT2D eigenvalue weighted by Gasteiger charge is -2.22. The van der Waals surface area contributed by atoms with Gasteiger partial charge in [0.25, 0.3) is 0 Å². The van der Waals surface area contributed by atoms with Crippen LogP contribution in [-0.4, -0.2) is 35.1 Å². The van der Waals surface area contributed by atoms with Crippen LogP contribution in [0.4, 0.5) is 14.9 Å². The molecule has 0 aliphatic carbocycles. The normalized spacial score (nSPS) is 10.5. The van der Waals surface area contributed by atoms with E-state index in [2.05, 4.69) is 5.32 Å². The molecule has 7 heteroatoms. The summed E-state index contributed by atoms with van der Waals surface area (Å²) >= 11 is 0. The van der Waals surface area contributed by atoms with E-state index in [0.29, 0.717) is 16.8 Å². The number of halogens is 1. The number of hydrogen-bond acceptors (Lipinski definition) is 3. The fourth-order valence-electron chi connectivity index (χ4n) is 3.03. The molecule has 30 heavy (non-hydrogen) atoms. The van der Waals surface area contributed by atoms with Crippen molar-refractivity contribution in [1.82, 2.24) is 4.90 Å². The summed E-state index contributed by atoms with van der Waals surface area (Å²) in [4.78, 5) is 25.3. The number of rotatable bonds is 7. The van der Waals surface area contributed by atoms with Gasteiger partial charge in [0, 0.05) is 24.3 Å². The summed E-state index contributed by atoms with van der Waals surface area (Å²) < 4.78 is 13.4. The zero-order chi connectivity index (χ0) is 21.5. The molecule has 0 fully saturated rings. The lowest BCUT2D eigenvalue weighted by atomic mass is 10.0. The van der Waals surface area contributed by atoms with Crippen molar-refractivity contribution in [1.29, 1.82) is 0 Å². The van der Waals surface area contributed by atoms with E-state index in [1.54, 1.807) is 54.6 Å². The number of primary amides is 1. The number of benzene rings is 3. The van der Waals surface area contributed by atoms with Crippen molar-refractivity contribution in [3.8, 4) is 11.1 Å². The van der Waals surface area contributed by atoms with Crippen molar-refractivity contribution in [2.45, 2.75) is 6.54 Å². The van der Waals surface area contributed by atoms with Crippen molar-refractivity contribution >= 4 is 17.6 Å². The molecule has 0 aliphatic heterocycles. The first-order chi connectivity index (χ1) is 14.5. The second kappa shape index (κ2) is 9.67. The maximum Gasteiger partial charge on any atom is 0.322 e. The monoisotopic (exact) mass is 407 g/mol. The van der Waals surface area contributed by atoms with Crippen LogP contribution in [0, 0.1) is 5.82 Å². The number of anilines is 1. The molecule has 0 aliphatic rings. The Morgan fingerprint density at radius 1 is 0.967 bits per heavy atom. The van der Waals surface area contributed by atoms with Gasteiger partial charge in [-0.05, 0) is 53.1 Å². The van der Waals surface area contributed by atoms with Crippen LogP contribution < -0.4 is 11.1 Å². The van der Waals surface area contributed by atoms with Crippen molar-refractivity contribution in [2.75, 3.05) is 18.5 Å². The molecule has 0 bridgehead atoms. The van der Waals surface area contributed by atoms with Crippen molar-refractivity contribution in [2.24, 2.45) is 5.73 Å². The topological polar surface area (TPSA) is 95.7 Å². The number of aliphatic hydroxyl groups is 1. The van der Waals surface area contributed by atoms with Crippen LogP contribution in [0.1, 0.15) is 15.9 Å². The molecule has 0 radical (unpaired) electrons. The lowest BCUT2D eigenvalue weighted by molar-refractivity contribution is 0.1000. The number of carbonyl (C=O) groups is 2. The van der Waals surface area contributed by atoms with Crippen LogP contribution in [0.25, 0.3) is 11.1 Å². The summed E-state index contributed by atoms with van der Waals surface area (Å²) in [6.45, 7) is 0.0596. The van der Waals surface area contributed by atoms with E-state index in [-0.39, 0.29) is 25.5 Å². The van der Waals surface area contributed by atoms with Crippen molar-refractivity contribution in [3.05, 3.63) is 89.7 Å². The average Bonchev–Trinajstić information content (AvgIpc) is 2.74. The first-order valence-electron chi connectivity index (χ1n) is 9.38. The fraction of sp³-hybridized carbons (Fsp3) is 0.130. The van der Waals surface area contributed by atoms with Gasteiger partial charge < -0.3 is 21.1 Å². The predicted octanol–water partition coefficient (Wildman–Crippen LogP) is 3.62. The van der Waals surface area contributed by atoms with Gasteiger partial charge in [0.05, 0.1) is 6.61 Å². The van der Waals surface area contributed by atoms with Gasteiger partial charge in [-0.15, -0.1) is 0 Å². The Kier molecular flexibility index (Phi) is 6.77. The van der Waals surface area contributed by atoms with E-state index < -0.39 is 11.9 Å². The number of amides is 3. The summed E-state index contributed by atoms with van der Waals surface area (Å²) in [7, 11) is 0. The third-order valence-electron chi connectivity index (χ3n) is 4.54. The summed E-state index contributed by atoms with van der Waals surface area (Å²) in [6.07, 6.45) is 0. The van der Waals surface area contributed by atoms with Crippen LogP contribution in [0.15, 0.2) is 72.8 Å². The van der Waals surface area contributed by atoms with Gasteiger partial charge in [-0.3, -0.25) is 4.79 Å². The molecule has 3 aromatic carbocycles. The number of carbonyl (C=O) groups excluding carboxylic acids is 2. The lowest BCUT2D eigenvalue weighted by Crippen LogP contribution is -2.36. The third kappa shape index (κ3) is 5.42. The van der Waals surface area contributed by atoms with Gasteiger partial charge in [0.1, 0.15) is 5.82 Å². The molecule has 4 N–H and O–H groups in total. The fourth-order valence-corrected chi connectivity index (χ4v) is 3.03. The van der Waals surface area contributed by atoms with Gasteiger partial charge in [-0.2, -0.15) is 0 Å². The SMILES string of the molecule is NC(=O)c1ccc(-c2cccc(NC(=O)N(CCO)Cc3cccc(F)c3)c2)cc1. The molecule has 3 aromatic rings. The van der Waals surface area contributed by atoms with Crippen molar-refractivity contribution in [3.63, 3.8) is 0 Å². The first kappa shape index (κ1) is 21.0. The first-order valence-corrected chi connectivity index (χ1v) is 9.38. The van der Waals surface area contributed by atoms with Crippen molar-refractivity contribution < 1.29 is 19.1 Å². The van der Waals surface area contributed by atoms with E-state index in [9.17, 15) is 19.1 Å². The molecule has 6 nitrogen and oxygen atoms in total. The number of urea groups is 1. The van der Waals surface area contributed by atoms with Gasteiger partial charge in [0.2, 0.25) is 5.91 Å². The van der Waals surface area contributed by atoms with Gasteiger partial charge in [0.15, 0.2) is 0 Å². The van der Waals surface area contributed by atoms with E-state index in [1.165, 1.54) is 17.0 Å². The molecule has 3 rings (SSSR count). The molecule has 0 atom stereocenters. The Hall–Kier alpha value is -3.71. The molecule has 0 heterocycles. The minimum atomic E-state index is -0.496. The van der Waals surface area contributed by atoms with Crippen LogP contribution >= 0.6 is 0 Å². The second-order valence-corrected chi connectivity index (χ2v) is 6.73. The van der Waals surface area contributed by atoms with E-state index in [4.69, 9.17) is 5.73 Å². The molecule has 0 saturated heterocycles. The van der Waals surface area contributed by atoms with Crippen LogP contribution in [-0.2, 0) is 6.54 Å². The van der Waals surface area contributed by atoms with E-state index in [1.807, 2.05) is 6.07 Å². The Morgan fingerprint density at radius 3 is 2.37 bits per heavy atom. The number of nitrogens with zero attached hydrogens (tertiary/aromatic N) is 1. The Balaban J connectivity index is 1.74. The molecule has 154 valence electrons. The minimum Gasteiger partial charge on any atom is -0.395 e. The number of nitrogens with two attached hydrogens (primary N) is 1. The quantitative estimate of drug-likeness (QED) is 0.558. The molecule has 0 saturated carbocycles. The smallest absolute Gasteiger partial charge is 0.322 e. The van der Waals surface area contributed by atoms with Crippen LogP contribution in [0.3, 0.4) is 0 Å². The standard InChI is InChI=1S/C23H22FN3O3/c24-20-5-1-3-16(13-20)15-27(11-12-28)23(30)26-21-6-2-4-19(14-21)17-7-9-18(10-8-17)22(25)29/h1-10,13-14,28H,11-12,15H2,(H2,25,29)(H,26,30). The van der Waals surface area contributed by atoms with Gasteiger partial charge in [-0.25, -0.2) is 9.18 Å². The Labute approximate surface area is 173 Å². The highest BCUT2D eigenvalue weighted by atomic mass is 19.1. The highest BCUT2D eigenvalue weighted by molar-refractivity contribution is 5.93. The van der Waals surface area contributed by atoms with E-state index >= 15 is 0 Å². The molecule has 3 amide bonds. The predicted molar refractivity (Wildman–Crippen MR) is 113 cm³/mol. The maximum absolute atomic E-state index is 13.4. The highest BCUT2D eigenvalue weighted by Gasteiger charge is 2.14. The van der Waals surface area contributed by atoms with Gasteiger partial charge >= 0.3 is 6.03 Å².